The quantitative estimate of drug-likeness (QED) is 0.174. The molecule has 0 aliphatic heterocycles. The molecule has 288 valence electrons. The molecule has 0 unspecified atom stereocenters. The van der Waals surface area contributed by atoms with Crippen LogP contribution >= 0.6 is 0 Å². The fourth-order valence-electron chi connectivity index (χ4n) is 9.41. The smallest absolute Gasteiger partial charge is 0.164 e. The molecule has 0 N–H and O–H groups in total. The molecule has 13 rings (SSSR count). The Balaban J connectivity index is 1.03. The van der Waals surface area contributed by atoms with Crippen LogP contribution in [0.25, 0.3) is 127 Å². The number of nitrogens with zero attached hydrogens (tertiary/aromatic N) is 4. The highest BCUT2D eigenvalue weighted by Gasteiger charge is 2.21. The Labute approximate surface area is 355 Å². The Morgan fingerprint density at radius 2 is 0.806 bits per heavy atom. The first-order valence-electron chi connectivity index (χ1n) is 20.9. The third-order valence-electron chi connectivity index (χ3n) is 12.3. The molecule has 0 saturated heterocycles. The largest absolute Gasteiger partial charge is 0.456 e. The molecule has 10 aromatic carbocycles. The molecule has 0 bridgehead atoms. The summed E-state index contributed by atoms with van der Waals surface area (Å²) in [5, 5.41) is 11.6. The lowest BCUT2D eigenvalue weighted by Crippen LogP contribution is -2.00. The van der Waals surface area contributed by atoms with Gasteiger partial charge in [-0.15, -0.1) is 0 Å². The minimum absolute atomic E-state index is 0.598. The van der Waals surface area contributed by atoms with E-state index in [9.17, 15) is 0 Å². The van der Waals surface area contributed by atoms with Crippen molar-refractivity contribution in [1.82, 2.24) is 19.5 Å². The summed E-state index contributed by atoms with van der Waals surface area (Å²) in [5.74, 6) is 1.83. The average molecular weight is 791 g/mol. The lowest BCUT2D eigenvalue weighted by atomic mass is 10.0. The van der Waals surface area contributed by atoms with Gasteiger partial charge in [-0.1, -0.05) is 152 Å². The van der Waals surface area contributed by atoms with Gasteiger partial charge >= 0.3 is 0 Å². The zero-order valence-electron chi connectivity index (χ0n) is 33.3. The van der Waals surface area contributed by atoms with E-state index in [1.807, 2.05) is 36.4 Å². The van der Waals surface area contributed by atoms with Gasteiger partial charge in [0.05, 0.1) is 16.7 Å². The van der Waals surface area contributed by atoms with E-state index >= 15 is 0 Å². The van der Waals surface area contributed by atoms with Gasteiger partial charge in [-0.25, -0.2) is 15.0 Å². The summed E-state index contributed by atoms with van der Waals surface area (Å²) < 4.78 is 9.27. The molecule has 0 saturated carbocycles. The minimum atomic E-state index is 0.598. The van der Waals surface area contributed by atoms with Crippen LogP contribution in [-0.4, -0.2) is 19.5 Å². The van der Waals surface area contributed by atoms with Crippen molar-refractivity contribution in [3.63, 3.8) is 0 Å². The Hall–Kier alpha value is -8.41. The third kappa shape index (κ3) is 5.45. The van der Waals surface area contributed by atoms with Crippen molar-refractivity contribution in [1.29, 1.82) is 0 Å². The number of hydrogen-bond acceptors (Lipinski definition) is 4. The van der Waals surface area contributed by atoms with Crippen LogP contribution < -0.4 is 0 Å². The van der Waals surface area contributed by atoms with Gasteiger partial charge in [-0.2, -0.15) is 0 Å². The summed E-state index contributed by atoms with van der Waals surface area (Å²) in [6.07, 6.45) is 0. The molecule has 0 aliphatic carbocycles. The zero-order chi connectivity index (χ0) is 40.7. The van der Waals surface area contributed by atoms with Crippen LogP contribution in [0.3, 0.4) is 0 Å². The summed E-state index contributed by atoms with van der Waals surface area (Å²) in [4.78, 5) is 15.3. The molecule has 0 amide bonds. The van der Waals surface area contributed by atoms with Gasteiger partial charge in [0.25, 0.3) is 0 Å². The number of rotatable bonds is 5. The van der Waals surface area contributed by atoms with Crippen LogP contribution in [0.2, 0.25) is 0 Å². The maximum Gasteiger partial charge on any atom is 0.164 e. The molecule has 13 aromatic rings. The molecule has 0 radical (unpaired) electrons. The highest BCUT2D eigenvalue weighted by Crippen LogP contribution is 2.43. The van der Waals surface area contributed by atoms with Crippen LogP contribution in [0.1, 0.15) is 0 Å². The second-order valence-electron chi connectivity index (χ2n) is 16.0. The number of fused-ring (bicyclic) bond motifs is 10. The van der Waals surface area contributed by atoms with E-state index in [4.69, 9.17) is 19.4 Å². The lowest BCUT2D eigenvalue weighted by molar-refractivity contribution is 0.669. The first kappa shape index (κ1) is 34.5. The van der Waals surface area contributed by atoms with Gasteiger partial charge in [0, 0.05) is 49.7 Å². The maximum atomic E-state index is 6.83. The summed E-state index contributed by atoms with van der Waals surface area (Å²) in [7, 11) is 0. The molecule has 3 heterocycles. The average Bonchev–Trinajstić information content (AvgIpc) is 3.86. The summed E-state index contributed by atoms with van der Waals surface area (Å²) in [6.45, 7) is 0. The second kappa shape index (κ2) is 13.6. The van der Waals surface area contributed by atoms with E-state index in [2.05, 4.69) is 174 Å². The Morgan fingerprint density at radius 3 is 1.45 bits per heavy atom. The molecule has 5 heteroatoms. The van der Waals surface area contributed by atoms with E-state index in [1.165, 1.54) is 32.3 Å². The van der Waals surface area contributed by atoms with Crippen molar-refractivity contribution in [2.45, 2.75) is 0 Å². The molecule has 0 aliphatic rings. The summed E-state index contributed by atoms with van der Waals surface area (Å²) >= 11 is 0. The fraction of sp³-hybridized carbons (Fsp3) is 0. The maximum absolute atomic E-state index is 6.83. The van der Waals surface area contributed by atoms with Gasteiger partial charge in [0.2, 0.25) is 0 Å². The Kier molecular flexibility index (Phi) is 7.54. The van der Waals surface area contributed by atoms with Crippen LogP contribution in [-0.2, 0) is 0 Å². The van der Waals surface area contributed by atoms with Crippen molar-refractivity contribution in [3.8, 4) is 51.0 Å². The monoisotopic (exact) mass is 790 g/mol. The van der Waals surface area contributed by atoms with Crippen LogP contribution in [0.15, 0.2) is 211 Å². The SMILES string of the molecule is c1ccc(-c2cccc(-c3nc(-c4ccccc4)nc(-c4ccc5oc6cc(-n7c8cc9ccccc9cc8c8cc9ccccc9cc87)c7ccccc7c6c5c4)n3)c2)cc1. The standard InChI is InChI=1S/C57H34N4O/c1-3-14-35(15-4-1)37-22-13-23-42(28-37)56-58-55(36-16-5-2-6-17-36)59-57(60-56)43-26-27-52-48(31-43)54-45-25-12-11-24-44(45)51(34-53(54)62-52)61-49-32-40-20-9-7-18-38(40)29-46(49)47-30-39-19-8-10-21-41(39)33-50(47)61/h1-34H. The molecular formula is C57H34N4O. The molecule has 0 spiro atoms. The molecule has 5 nitrogen and oxygen atoms in total. The molecule has 0 atom stereocenters. The van der Waals surface area contributed by atoms with E-state index in [-0.39, 0.29) is 0 Å². The molecule has 0 fully saturated rings. The fourth-order valence-corrected chi connectivity index (χ4v) is 9.41. The number of aromatic nitrogens is 4. The summed E-state index contributed by atoms with van der Waals surface area (Å²) in [6, 6.07) is 72.8. The van der Waals surface area contributed by atoms with E-state index in [1.54, 1.807) is 0 Å². The number of furan rings is 1. The van der Waals surface area contributed by atoms with E-state index < -0.39 is 0 Å². The number of hydrogen-bond donors (Lipinski definition) is 0. The highest BCUT2D eigenvalue weighted by molar-refractivity contribution is 6.23. The van der Waals surface area contributed by atoms with Crippen LogP contribution in [0.4, 0.5) is 0 Å². The topological polar surface area (TPSA) is 56.7 Å². The van der Waals surface area contributed by atoms with Crippen molar-refractivity contribution in [2.24, 2.45) is 0 Å². The number of benzene rings is 10. The third-order valence-corrected chi connectivity index (χ3v) is 12.3. The minimum Gasteiger partial charge on any atom is -0.456 e. The normalized spacial score (nSPS) is 11.9. The van der Waals surface area contributed by atoms with Crippen LogP contribution in [0.5, 0.6) is 0 Å². The Morgan fingerprint density at radius 1 is 0.306 bits per heavy atom. The van der Waals surface area contributed by atoms with E-state index in [0.717, 1.165) is 77.2 Å². The summed E-state index contributed by atoms with van der Waals surface area (Å²) in [5.41, 5.74) is 9.99. The van der Waals surface area contributed by atoms with Crippen molar-refractivity contribution in [2.75, 3.05) is 0 Å². The second-order valence-corrected chi connectivity index (χ2v) is 16.0. The lowest BCUT2D eigenvalue weighted by Gasteiger charge is -2.13. The highest BCUT2D eigenvalue weighted by atomic mass is 16.3. The first-order chi connectivity index (χ1) is 30.7. The molecular weight excluding hydrogens is 757 g/mol. The van der Waals surface area contributed by atoms with Gasteiger partial charge in [0.15, 0.2) is 17.5 Å². The van der Waals surface area contributed by atoms with Crippen molar-refractivity contribution in [3.05, 3.63) is 206 Å². The van der Waals surface area contributed by atoms with Gasteiger partial charge < -0.3 is 8.98 Å². The van der Waals surface area contributed by atoms with Gasteiger partial charge in [0.1, 0.15) is 11.2 Å². The van der Waals surface area contributed by atoms with Crippen molar-refractivity contribution < 1.29 is 4.42 Å². The Bertz CT molecular complexity index is 3830. The predicted octanol–water partition coefficient (Wildman–Crippen LogP) is 15.0. The predicted molar refractivity (Wildman–Crippen MR) is 256 cm³/mol. The van der Waals surface area contributed by atoms with Crippen molar-refractivity contribution >= 4 is 76.1 Å². The van der Waals surface area contributed by atoms with Crippen LogP contribution in [0, 0.1) is 0 Å². The zero-order valence-corrected chi connectivity index (χ0v) is 33.3. The van der Waals surface area contributed by atoms with E-state index in [0.29, 0.717) is 17.5 Å². The van der Waals surface area contributed by atoms with Gasteiger partial charge in [-0.05, 0) is 86.6 Å². The molecule has 62 heavy (non-hydrogen) atoms. The molecule has 3 aromatic heterocycles. The van der Waals surface area contributed by atoms with Gasteiger partial charge in [-0.3, -0.25) is 0 Å². The first-order valence-corrected chi connectivity index (χ1v) is 20.9.